The van der Waals surface area contributed by atoms with Gasteiger partial charge in [0.15, 0.2) is 0 Å². The minimum Gasteiger partial charge on any atom is -0.297 e. The molecular formula is C20H23FN2. The molecule has 1 aliphatic heterocycles. The van der Waals surface area contributed by atoms with Crippen molar-refractivity contribution in [1.82, 2.24) is 9.80 Å². The fraction of sp³-hybridized carbons (Fsp3) is 0.300. The summed E-state index contributed by atoms with van der Waals surface area (Å²) in [6.07, 6.45) is 4.41. The molecule has 2 aromatic carbocycles. The predicted octanol–water partition coefficient (Wildman–Crippen LogP) is 3.66. The Hall–Kier alpha value is -1.97. The molecule has 1 heterocycles. The number of rotatable bonds is 5. The van der Waals surface area contributed by atoms with Crippen molar-refractivity contribution < 1.29 is 4.39 Å². The average molecular weight is 310 g/mol. The lowest BCUT2D eigenvalue weighted by molar-refractivity contribution is 0.137. The highest BCUT2D eigenvalue weighted by atomic mass is 19.1. The first kappa shape index (κ1) is 15.9. The van der Waals surface area contributed by atoms with Crippen molar-refractivity contribution >= 4 is 6.08 Å². The standard InChI is InChI=1S/C20H23FN2/c21-20-10-4-8-19(16-20)17-23-14-12-22(13-15-23)11-5-9-18-6-2-1-3-7-18/h1-10,16H,11-15,17H2/b9-5+. The number of hydrogen-bond donors (Lipinski definition) is 0. The fourth-order valence-corrected chi connectivity index (χ4v) is 2.93. The smallest absolute Gasteiger partial charge is 0.123 e. The summed E-state index contributed by atoms with van der Waals surface area (Å²) in [4.78, 5) is 4.85. The largest absolute Gasteiger partial charge is 0.297 e. The van der Waals surface area contributed by atoms with Crippen molar-refractivity contribution in [2.75, 3.05) is 32.7 Å². The molecule has 0 atom stereocenters. The van der Waals surface area contributed by atoms with Crippen molar-refractivity contribution in [3.63, 3.8) is 0 Å². The first-order valence-corrected chi connectivity index (χ1v) is 8.20. The molecule has 120 valence electrons. The van der Waals surface area contributed by atoms with E-state index in [-0.39, 0.29) is 5.82 Å². The van der Waals surface area contributed by atoms with Crippen LogP contribution in [0.25, 0.3) is 6.08 Å². The molecule has 0 radical (unpaired) electrons. The van der Waals surface area contributed by atoms with Crippen LogP contribution >= 0.6 is 0 Å². The number of nitrogens with zero attached hydrogens (tertiary/aromatic N) is 2. The van der Waals surface area contributed by atoms with Crippen molar-refractivity contribution in [2.24, 2.45) is 0 Å². The van der Waals surface area contributed by atoms with Gasteiger partial charge in [-0.15, -0.1) is 0 Å². The van der Waals surface area contributed by atoms with Crippen molar-refractivity contribution in [1.29, 1.82) is 0 Å². The van der Waals surface area contributed by atoms with Crippen LogP contribution in [0.4, 0.5) is 4.39 Å². The monoisotopic (exact) mass is 310 g/mol. The fourth-order valence-electron chi connectivity index (χ4n) is 2.93. The van der Waals surface area contributed by atoms with Crippen LogP contribution in [0.3, 0.4) is 0 Å². The number of halogens is 1. The second-order valence-corrected chi connectivity index (χ2v) is 6.02. The van der Waals surface area contributed by atoms with Gasteiger partial charge in [0.25, 0.3) is 0 Å². The third kappa shape index (κ3) is 5.02. The van der Waals surface area contributed by atoms with Gasteiger partial charge in [-0.3, -0.25) is 9.80 Å². The summed E-state index contributed by atoms with van der Waals surface area (Å²) in [5.41, 5.74) is 2.31. The molecule has 2 aromatic rings. The third-order valence-electron chi connectivity index (χ3n) is 4.23. The molecule has 1 fully saturated rings. The van der Waals surface area contributed by atoms with Gasteiger partial charge in [-0.2, -0.15) is 0 Å². The van der Waals surface area contributed by atoms with E-state index in [2.05, 4.69) is 46.2 Å². The highest BCUT2D eigenvalue weighted by molar-refractivity contribution is 5.48. The van der Waals surface area contributed by atoms with E-state index in [1.54, 1.807) is 12.1 Å². The maximum Gasteiger partial charge on any atom is 0.123 e. The molecule has 1 aliphatic rings. The molecule has 0 amide bonds. The van der Waals surface area contributed by atoms with Gasteiger partial charge in [0.2, 0.25) is 0 Å². The zero-order valence-corrected chi connectivity index (χ0v) is 13.4. The van der Waals surface area contributed by atoms with Gasteiger partial charge < -0.3 is 0 Å². The molecule has 0 aliphatic carbocycles. The predicted molar refractivity (Wildman–Crippen MR) is 93.6 cm³/mol. The second-order valence-electron chi connectivity index (χ2n) is 6.02. The van der Waals surface area contributed by atoms with E-state index in [9.17, 15) is 4.39 Å². The minimum absolute atomic E-state index is 0.146. The average Bonchev–Trinajstić information content (AvgIpc) is 2.58. The van der Waals surface area contributed by atoms with Crippen LogP contribution in [0.1, 0.15) is 11.1 Å². The molecule has 0 spiro atoms. The molecule has 0 bridgehead atoms. The Balaban J connectivity index is 1.42. The van der Waals surface area contributed by atoms with E-state index < -0.39 is 0 Å². The molecule has 3 rings (SSSR count). The van der Waals surface area contributed by atoms with Crippen LogP contribution in [0.5, 0.6) is 0 Å². The zero-order chi connectivity index (χ0) is 15.9. The Bertz CT molecular complexity index is 631. The molecule has 0 unspecified atom stereocenters. The van der Waals surface area contributed by atoms with Gasteiger partial charge in [0, 0.05) is 39.3 Å². The Morgan fingerprint density at radius 3 is 2.35 bits per heavy atom. The topological polar surface area (TPSA) is 6.48 Å². The van der Waals surface area contributed by atoms with Crippen molar-refractivity contribution in [3.8, 4) is 0 Å². The van der Waals surface area contributed by atoms with Gasteiger partial charge in [-0.05, 0) is 23.3 Å². The molecule has 3 heteroatoms. The van der Waals surface area contributed by atoms with Crippen LogP contribution in [-0.4, -0.2) is 42.5 Å². The molecule has 0 saturated carbocycles. The van der Waals surface area contributed by atoms with Crippen LogP contribution in [0, 0.1) is 5.82 Å². The molecule has 0 N–H and O–H groups in total. The van der Waals surface area contributed by atoms with Gasteiger partial charge in [-0.1, -0.05) is 54.6 Å². The Morgan fingerprint density at radius 2 is 1.61 bits per heavy atom. The van der Waals surface area contributed by atoms with Crippen LogP contribution in [0.15, 0.2) is 60.7 Å². The summed E-state index contributed by atoms with van der Waals surface area (Å²) in [7, 11) is 0. The van der Waals surface area contributed by atoms with Gasteiger partial charge >= 0.3 is 0 Å². The summed E-state index contributed by atoms with van der Waals surface area (Å²) >= 11 is 0. The Labute approximate surface area is 137 Å². The van der Waals surface area contributed by atoms with E-state index in [1.165, 1.54) is 11.6 Å². The molecule has 1 saturated heterocycles. The minimum atomic E-state index is -0.146. The van der Waals surface area contributed by atoms with E-state index in [0.717, 1.165) is 44.8 Å². The summed E-state index contributed by atoms with van der Waals surface area (Å²) in [5.74, 6) is -0.146. The molecule has 0 aromatic heterocycles. The Kier molecular flexibility index (Phi) is 5.56. The highest BCUT2D eigenvalue weighted by Gasteiger charge is 2.15. The third-order valence-corrected chi connectivity index (χ3v) is 4.23. The maximum atomic E-state index is 13.2. The van der Waals surface area contributed by atoms with Gasteiger partial charge in [0.05, 0.1) is 0 Å². The Morgan fingerprint density at radius 1 is 0.870 bits per heavy atom. The number of benzene rings is 2. The normalized spacial score (nSPS) is 16.9. The van der Waals surface area contributed by atoms with Crippen LogP contribution in [-0.2, 0) is 6.54 Å². The van der Waals surface area contributed by atoms with Crippen molar-refractivity contribution in [3.05, 3.63) is 77.6 Å². The van der Waals surface area contributed by atoms with Crippen LogP contribution < -0.4 is 0 Å². The van der Waals surface area contributed by atoms with Gasteiger partial charge in [-0.25, -0.2) is 4.39 Å². The van der Waals surface area contributed by atoms with Crippen molar-refractivity contribution in [2.45, 2.75) is 6.54 Å². The summed E-state index contributed by atoms with van der Waals surface area (Å²) < 4.78 is 13.2. The number of piperazine rings is 1. The quantitative estimate of drug-likeness (QED) is 0.831. The van der Waals surface area contributed by atoms with E-state index in [1.807, 2.05) is 12.1 Å². The molecule has 23 heavy (non-hydrogen) atoms. The van der Waals surface area contributed by atoms with E-state index in [4.69, 9.17) is 0 Å². The lowest BCUT2D eigenvalue weighted by Crippen LogP contribution is -2.45. The lowest BCUT2D eigenvalue weighted by atomic mass is 10.2. The highest BCUT2D eigenvalue weighted by Crippen LogP contribution is 2.10. The van der Waals surface area contributed by atoms with E-state index >= 15 is 0 Å². The molecular weight excluding hydrogens is 287 g/mol. The first-order valence-electron chi connectivity index (χ1n) is 8.20. The van der Waals surface area contributed by atoms with Gasteiger partial charge in [0.1, 0.15) is 5.82 Å². The van der Waals surface area contributed by atoms with E-state index in [0.29, 0.717) is 0 Å². The molecule has 2 nitrogen and oxygen atoms in total. The first-order chi connectivity index (χ1) is 11.3. The summed E-state index contributed by atoms with van der Waals surface area (Å²) in [6.45, 7) is 6.03. The lowest BCUT2D eigenvalue weighted by Gasteiger charge is -2.34. The summed E-state index contributed by atoms with van der Waals surface area (Å²) in [5, 5.41) is 0. The van der Waals surface area contributed by atoms with Crippen LogP contribution in [0.2, 0.25) is 0 Å². The SMILES string of the molecule is Fc1cccc(CN2CCN(C/C=C/c3ccccc3)CC2)c1. The number of hydrogen-bond acceptors (Lipinski definition) is 2. The summed E-state index contributed by atoms with van der Waals surface area (Å²) in [6, 6.07) is 17.3. The maximum absolute atomic E-state index is 13.2. The zero-order valence-electron chi connectivity index (χ0n) is 13.4. The second kappa shape index (κ2) is 8.04.